The fourth-order valence-corrected chi connectivity index (χ4v) is 3.36. The van der Waals surface area contributed by atoms with Crippen molar-refractivity contribution < 1.29 is 19.1 Å². The maximum atomic E-state index is 12.5. The van der Waals surface area contributed by atoms with E-state index in [1.807, 2.05) is 36.4 Å². The molecular formula is C26H26N2O4. The first-order valence-corrected chi connectivity index (χ1v) is 10.5. The van der Waals surface area contributed by atoms with Crippen molar-refractivity contribution in [3.05, 3.63) is 89.0 Å². The van der Waals surface area contributed by atoms with E-state index >= 15 is 0 Å². The Morgan fingerprint density at radius 3 is 2.12 bits per heavy atom. The van der Waals surface area contributed by atoms with E-state index in [1.54, 1.807) is 30.3 Å². The highest BCUT2D eigenvalue weighted by Gasteiger charge is 2.16. The van der Waals surface area contributed by atoms with Crippen molar-refractivity contribution in [1.82, 2.24) is 5.32 Å². The molecule has 1 heterocycles. The van der Waals surface area contributed by atoms with E-state index in [9.17, 15) is 9.59 Å². The van der Waals surface area contributed by atoms with Crippen LogP contribution in [0.2, 0.25) is 0 Å². The summed E-state index contributed by atoms with van der Waals surface area (Å²) in [6.07, 6.45) is 0. The zero-order valence-corrected chi connectivity index (χ0v) is 18.4. The van der Waals surface area contributed by atoms with Gasteiger partial charge < -0.3 is 20.1 Å². The molecule has 0 atom stereocenters. The Hall–Kier alpha value is -3.80. The molecule has 3 aromatic rings. The van der Waals surface area contributed by atoms with Gasteiger partial charge in [0.15, 0.2) is 11.5 Å². The van der Waals surface area contributed by atoms with Gasteiger partial charge in [-0.05, 0) is 52.9 Å². The predicted molar refractivity (Wildman–Crippen MR) is 123 cm³/mol. The van der Waals surface area contributed by atoms with Crippen LogP contribution < -0.4 is 20.1 Å². The zero-order chi connectivity index (χ0) is 22.7. The fourth-order valence-electron chi connectivity index (χ4n) is 3.36. The summed E-state index contributed by atoms with van der Waals surface area (Å²) in [5.41, 5.74) is 3.92. The number of anilines is 1. The van der Waals surface area contributed by atoms with Gasteiger partial charge in [-0.1, -0.05) is 45.0 Å². The normalized spacial score (nSPS) is 12.3. The van der Waals surface area contributed by atoms with Gasteiger partial charge in [-0.25, -0.2) is 0 Å². The summed E-state index contributed by atoms with van der Waals surface area (Å²) in [5.74, 6) is 0.926. The van der Waals surface area contributed by atoms with Gasteiger partial charge in [-0.15, -0.1) is 0 Å². The average molecular weight is 431 g/mol. The maximum absolute atomic E-state index is 12.5. The largest absolute Gasteiger partial charge is 0.454 e. The van der Waals surface area contributed by atoms with Crippen molar-refractivity contribution in [3.63, 3.8) is 0 Å². The first-order chi connectivity index (χ1) is 15.3. The Balaban J connectivity index is 1.32. The molecule has 1 aliphatic rings. The molecule has 0 fully saturated rings. The summed E-state index contributed by atoms with van der Waals surface area (Å²) < 4.78 is 10.6. The van der Waals surface area contributed by atoms with Gasteiger partial charge >= 0.3 is 0 Å². The summed E-state index contributed by atoms with van der Waals surface area (Å²) in [6.45, 7) is 6.99. The summed E-state index contributed by atoms with van der Waals surface area (Å²) in [5, 5.41) is 5.77. The molecule has 2 N–H and O–H groups in total. The van der Waals surface area contributed by atoms with Crippen LogP contribution in [0.5, 0.6) is 11.5 Å². The van der Waals surface area contributed by atoms with E-state index in [2.05, 4.69) is 31.4 Å². The monoisotopic (exact) mass is 430 g/mol. The van der Waals surface area contributed by atoms with Crippen LogP contribution in [-0.4, -0.2) is 18.6 Å². The molecule has 3 aromatic carbocycles. The van der Waals surface area contributed by atoms with Gasteiger partial charge in [-0.2, -0.15) is 0 Å². The van der Waals surface area contributed by atoms with Gasteiger partial charge in [0, 0.05) is 29.4 Å². The Morgan fingerprint density at radius 1 is 0.812 bits per heavy atom. The van der Waals surface area contributed by atoms with Crippen molar-refractivity contribution >= 4 is 17.5 Å². The molecule has 6 heteroatoms. The highest BCUT2D eigenvalue weighted by Crippen LogP contribution is 2.34. The summed E-state index contributed by atoms with van der Waals surface area (Å²) in [4.78, 5) is 25.0. The van der Waals surface area contributed by atoms with Crippen LogP contribution in [0.15, 0.2) is 66.7 Å². The number of carbonyl (C=O) groups is 2. The van der Waals surface area contributed by atoms with Crippen LogP contribution in [0, 0.1) is 0 Å². The van der Waals surface area contributed by atoms with Crippen LogP contribution in [0.25, 0.3) is 0 Å². The third-order valence-electron chi connectivity index (χ3n) is 5.31. The van der Waals surface area contributed by atoms with Gasteiger partial charge in [0.05, 0.1) is 0 Å². The topological polar surface area (TPSA) is 76.7 Å². The second kappa shape index (κ2) is 8.75. The summed E-state index contributed by atoms with van der Waals surface area (Å²) >= 11 is 0. The SMILES string of the molecule is CC(C)(C)c1ccc(C(=O)NCc2ccc(C(=O)Nc3ccc4c(c3)OCO4)cc2)cc1. The Bertz CT molecular complexity index is 1130. The number of amides is 2. The van der Waals surface area contributed by atoms with E-state index in [4.69, 9.17) is 9.47 Å². The number of hydrogen-bond donors (Lipinski definition) is 2. The number of hydrogen-bond acceptors (Lipinski definition) is 4. The predicted octanol–water partition coefficient (Wildman–Crippen LogP) is 4.90. The first-order valence-electron chi connectivity index (χ1n) is 10.5. The lowest BCUT2D eigenvalue weighted by Gasteiger charge is -2.19. The van der Waals surface area contributed by atoms with Gasteiger partial charge in [0.25, 0.3) is 11.8 Å². The Morgan fingerprint density at radius 2 is 1.44 bits per heavy atom. The van der Waals surface area contributed by atoms with Gasteiger partial charge in [0.1, 0.15) is 0 Å². The quantitative estimate of drug-likeness (QED) is 0.604. The van der Waals surface area contributed by atoms with Crippen LogP contribution in [-0.2, 0) is 12.0 Å². The van der Waals surface area contributed by atoms with E-state index in [0.29, 0.717) is 34.9 Å². The van der Waals surface area contributed by atoms with E-state index < -0.39 is 0 Å². The second-order valence-electron chi connectivity index (χ2n) is 8.73. The summed E-state index contributed by atoms with van der Waals surface area (Å²) in [6, 6.07) is 20.1. The lowest BCUT2D eigenvalue weighted by molar-refractivity contribution is 0.0949. The second-order valence-corrected chi connectivity index (χ2v) is 8.73. The molecule has 0 saturated carbocycles. The van der Waals surface area contributed by atoms with Crippen molar-refractivity contribution in [2.45, 2.75) is 32.7 Å². The van der Waals surface area contributed by atoms with Crippen molar-refractivity contribution in [2.75, 3.05) is 12.1 Å². The molecule has 4 rings (SSSR count). The summed E-state index contributed by atoms with van der Waals surface area (Å²) in [7, 11) is 0. The molecule has 0 saturated heterocycles. The molecule has 6 nitrogen and oxygen atoms in total. The van der Waals surface area contributed by atoms with E-state index in [1.165, 1.54) is 5.56 Å². The third-order valence-corrected chi connectivity index (χ3v) is 5.31. The molecule has 164 valence electrons. The Kier molecular flexibility index (Phi) is 5.86. The zero-order valence-electron chi connectivity index (χ0n) is 18.4. The fraction of sp³-hybridized carbons (Fsp3) is 0.231. The molecule has 1 aliphatic heterocycles. The Labute approximate surface area is 187 Å². The number of benzene rings is 3. The van der Waals surface area contributed by atoms with Crippen LogP contribution >= 0.6 is 0 Å². The van der Waals surface area contributed by atoms with Crippen molar-refractivity contribution in [2.24, 2.45) is 0 Å². The smallest absolute Gasteiger partial charge is 0.255 e. The molecule has 32 heavy (non-hydrogen) atoms. The number of fused-ring (bicyclic) bond motifs is 1. The minimum absolute atomic E-state index is 0.0474. The molecule has 0 aromatic heterocycles. The number of nitrogens with one attached hydrogen (secondary N) is 2. The number of carbonyl (C=O) groups excluding carboxylic acids is 2. The molecule has 0 spiro atoms. The molecule has 0 unspecified atom stereocenters. The highest BCUT2D eigenvalue weighted by atomic mass is 16.7. The van der Waals surface area contributed by atoms with Crippen LogP contribution in [0.1, 0.15) is 52.6 Å². The van der Waals surface area contributed by atoms with E-state index in [0.717, 1.165) is 5.56 Å². The number of ether oxygens (including phenoxy) is 2. The molecule has 0 bridgehead atoms. The van der Waals surface area contributed by atoms with Crippen molar-refractivity contribution in [3.8, 4) is 11.5 Å². The van der Waals surface area contributed by atoms with E-state index in [-0.39, 0.29) is 24.0 Å². The van der Waals surface area contributed by atoms with Gasteiger partial charge in [-0.3, -0.25) is 9.59 Å². The average Bonchev–Trinajstić information content (AvgIpc) is 3.25. The lowest BCUT2D eigenvalue weighted by Crippen LogP contribution is -2.23. The minimum atomic E-state index is -0.224. The minimum Gasteiger partial charge on any atom is -0.454 e. The maximum Gasteiger partial charge on any atom is 0.255 e. The van der Waals surface area contributed by atoms with Crippen molar-refractivity contribution in [1.29, 1.82) is 0 Å². The molecular weight excluding hydrogens is 404 g/mol. The first kappa shape index (κ1) is 21.4. The standard InChI is InChI=1S/C26H26N2O4/c1-26(2,3)20-10-8-18(9-11-20)24(29)27-15-17-4-6-19(7-5-17)25(30)28-21-12-13-22-23(14-21)32-16-31-22/h4-14H,15-16H2,1-3H3,(H,27,29)(H,28,30). The van der Waals surface area contributed by atoms with Crippen LogP contribution in [0.3, 0.4) is 0 Å². The molecule has 2 amide bonds. The highest BCUT2D eigenvalue weighted by molar-refractivity contribution is 6.04. The van der Waals surface area contributed by atoms with Crippen LogP contribution in [0.4, 0.5) is 5.69 Å². The molecule has 0 aliphatic carbocycles. The van der Waals surface area contributed by atoms with Gasteiger partial charge in [0.2, 0.25) is 6.79 Å². The number of rotatable bonds is 5. The lowest BCUT2D eigenvalue weighted by atomic mass is 9.87. The third kappa shape index (κ3) is 4.91. The molecule has 0 radical (unpaired) electrons.